The van der Waals surface area contributed by atoms with Gasteiger partial charge >= 0.3 is 11.5 Å². The van der Waals surface area contributed by atoms with E-state index in [-0.39, 0.29) is 16.5 Å². The number of nitrogens with zero attached hydrogens (tertiary/aromatic N) is 7. The Balaban J connectivity index is 0.827. The van der Waals surface area contributed by atoms with E-state index >= 15 is 0 Å². The van der Waals surface area contributed by atoms with Gasteiger partial charge in [0.25, 0.3) is 25.8 Å². The average Bonchev–Trinajstić information content (AvgIpc) is 3.84. The molecule has 2 atom stereocenters. The molecule has 0 unspecified atom stereocenters. The largest absolute Gasteiger partial charge is 0.501 e. The highest BCUT2D eigenvalue weighted by molar-refractivity contribution is 7.99. The van der Waals surface area contributed by atoms with Crippen LogP contribution >= 0.6 is 23.4 Å². The molecule has 5 aromatic rings. The molecule has 0 saturated carbocycles. The number of carbonyl (C=O) groups is 2. The SMILES string of the molecule is C[C@@]1(CN2CCN(c3ncc(C(=O)O)cn3)CC2)CCC(c2ccc(Cl)cc2)=C(CN2CCN(c3ccc(C(=O)NS(=O)(=O)c4ccc(N[C@H](CCN5CCCOCC5)CSc5ccccc5)c(S(=O)(=O)C(F)(F)F)c4)cc3)CC2)C1. The number of thioether (sulfide) groups is 1. The number of piperazine rings is 2. The number of sulfone groups is 1. The third-order valence-corrected chi connectivity index (χ3v) is 19.7. The fraction of sp³-hybridized carbons (Fsp3) is 0.439. The number of hydrogen-bond acceptors (Lipinski definition) is 16. The quantitative estimate of drug-likeness (QED) is 0.0626. The van der Waals surface area contributed by atoms with Crippen LogP contribution in [-0.4, -0.2) is 174 Å². The molecule has 0 radical (unpaired) electrons. The lowest BCUT2D eigenvalue weighted by molar-refractivity contribution is -0.0436. The summed E-state index contributed by atoms with van der Waals surface area (Å²) in [6.07, 6.45) is 6.80. The predicted molar refractivity (Wildman–Crippen MR) is 308 cm³/mol. The maximum Gasteiger partial charge on any atom is 0.501 e. The van der Waals surface area contributed by atoms with Gasteiger partial charge in [-0.2, -0.15) is 13.2 Å². The van der Waals surface area contributed by atoms with Crippen molar-refractivity contribution >= 4 is 78.0 Å². The van der Waals surface area contributed by atoms with E-state index in [1.807, 2.05) is 47.2 Å². The van der Waals surface area contributed by atoms with E-state index in [1.54, 1.807) is 12.1 Å². The van der Waals surface area contributed by atoms with E-state index in [0.29, 0.717) is 68.6 Å². The van der Waals surface area contributed by atoms with Crippen molar-refractivity contribution in [3.63, 3.8) is 0 Å². The van der Waals surface area contributed by atoms with Crippen molar-refractivity contribution in [3.8, 4) is 0 Å². The van der Waals surface area contributed by atoms with Crippen LogP contribution in [-0.2, 0) is 24.6 Å². The van der Waals surface area contributed by atoms with Crippen LogP contribution in [0.25, 0.3) is 5.57 Å². The maximum atomic E-state index is 14.3. The second-order valence-corrected chi connectivity index (χ2v) is 26.5. The van der Waals surface area contributed by atoms with Crippen LogP contribution in [0, 0.1) is 5.41 Å². The maximum absolute atomic E-state index is 14.3. The summed E-state index contributed by atoms with van der Waals surface area (Å²) < 4.78 is 104. The van der Waals surface area contributed by atoms with Crippen molar-refractivity contribution < 1.29 is 49.4 Å². The molecule has 0 bridgehead atoms. The lowest BCUT2D eigenvalue weighted by Crippen LogP contribution is -2.50. The number of rotatable bonds is 20. The minimum absolute atomic E-state index is 0.0241. The minimum Gasteiger partial charge on any atom is -0.478 e. The van der Waals surface area contributed by atoms with E-state index < -0.39 is 58.8 Å². The number of aromatic carboxylic acids is 1. The Bertz CT molecular complexity index is 3230. The third kappa shape index (κ3) is 15.5. The Morgan fingerprint density at radius 2 is 1.48 bits per heavy atom. The zero-order valence-corrected chi connectivity index (χ0v) is 48.2. The van der Waals surface area contributed by atoms with Gasteiger partial charge in [0.2, 0.25) is 5.95 Å². The molecule has 4 heterocycles. The Morgan fingerprint density at radius 3 is 2.16 bits per heavy atom. The Morgan fingerprint density at radius 1 is 0.802 bits per heavy atom. The molecule has 4 aliphatic rings. The molecule has 17 nitrogen and oxygen atoms in total. The number of aromatic nitrogens is 2. The van der Waals surface area contributed by atoms with E-state index in [9.17, 15) is 44.7 Å². The number of hydrogen-bond donors (Lipinski definition) is 3. The number of carbonyl (C=O) groups excluding carboxylic acids is 1. The summed E-state index contributed by atoms with van der Waals surface area (Å²) in [5.41, 5.74) is -1.40. The molecule has 3 fully saturated rings. The van der Waals surface area contributed by atoms with Gasteiger partial charge in [-0.25, -0.2) is 36.3 Å². The molecule has 1 amide bonds. The number of ether oxygens (including phenoxy) is 1. The van der Waals surface area contributed by atoms with Gasteiger partial charge in [-0.15, -0.1) is 11.8 Å². The number of carboxylic acids is 1. The highest BCUT2D eigenvalue weighted by atomic mass is 35.5. The average molecular weight is 1190 g/mol. The van der Waals surface area contributed by atoms with Crippen LogP contribution in [0.2, 0.25) is 5.02 Å². The van der Waals surface area contributed by atoms with Crippen LogP contribution in [0.3, 0.4) is 0 Å². The monoisotopic (exact) mass is 1190 g/mol. The van der Waals surface area contributed by atoms with E-state index in [2.05, 4.69) is 58.8 Å². The summed E-state index contributed by atoms with van der Waals surface area (Å²) >= 11 is 7.77. The molecule has 0 spiro atoms. The summed E-state index contributed by atoms with van der Waals surface area (Å²) in [6.45, 7) is 13.2. The summed E-state index contributed by atoms with van der Waals surface area (Å²) in [5.74, 6) is -1.22. The molecular formula is C57H67ClF3N9O8S3. The first kappa shape index (κ1) is 59.8. The van der Waals surface area contributed by atoms with Crippen molar-refractivity contribution in [1.82, 2.24) is 29.4 Å². The number of carboxylic acid groups (broad SMARTS) is 1. The number of halogens is 4. The van der Waals surface area contributed by atoms with Crippen molar-refractivity contribution in [2.24, 2.45) is 5.41 Å². The Kier molecular flexibility index (Phi) is 19.3. The first-order valence-corrected chi connectivity index (χ1v) is 31.4. The summed E-state index contributed by atoms with van der Waals surface area (Å²) in [6, 6.07) is 25.7. The zero-order chi connectivity index (χ0) is 57.4. The lowest BCUT2D eigenvalue weighted by atomic mass is 9.71. The number of sulfonamides is 1. The number of nitrogens with one attached hydrogen (secondary N) is 2. The predicted octanol–water partition coefficient (Wildman–Crippen LogP) is 8.51. The number of alkyl halides is 3. The fourth-order valence-corrected chi connectivity index (χ4v) is 14.1. The van der Waals surface area contributed by atoms with Crippen molar-refractivity contribution in [1.29, 1.82) is 0 Å². The normalized spacial score (nSPS) is 19.7. The molecule has 24 heteroatoms. The van der Waals surface area contributed by atoms with Gasteiger partial charge in [0.05, 0.1) is 22.8 Å². The van der Waals surface area contributed by atoms with Gasteiger partial charge in [0, 0.05) is 137 Å². The van der Waals surface area contributed by atoms with Crippen molar-refractivity contribution in [2.75, 3.05) is 119 Å². The molecule has 1 aromatic heterocycles. The van der Waals surface area contributed by atoms with Gasteiger partial charge < -0.3 is 29.9 Å². The first-order valence-electron chi connectivity index (χ1n) is 27.1. The molecule has 9 rings (SSSR count). The van der Waals surface area contributed by atoms with Crippen LogP contribution in [0.4, 0.5) is 30.5 Å². The van der Waals surface area contributed by atoms with Gasteiger partial charge in [0.1, 0.15) is 4.90 Å². The fourth-order valence-electron chi connectivity index (χ4n) is 11.0. The van der Waals surface area contributed by atoms with Gasteiger partial charge in [-0.3, -0.25) is 14.6 Å². The third-order valence-electron chi connectivity index (χ3n) is 15.4. The standard InChI is InChI=1S/C57H67ClF3N9O8S3/c1-56(40-68-25-29-70(30-26-68)55-62-36-44(37-63-55)54(72)73)20-18-50(41-8-12-45(58)13-9-41)43(35-56)38-67-23-27-69(28-24-67)47-14-10-42(11-15-47)53(71)65-81(76,77)49-16-17-51(52(34-49)80(74,75)57(59,60)61)64-46(39-79-48-6-3-2-4-7-48)19-22-66-21-5-32-78-33-31-66/h2-4,6-17,34,36-37,46,64H,5,18-33,35,38-40H2,1H3,(H,65,71)(H,72,73)/t46-,56-/m1/s1. The summed E-state index contributed by atoms with van der Waals surface area (Å²) in [5, 5.41) is 13.0. The number of amides is 1. The number of allylic oxidation sites excluding steroid dienone is 1. The van der Waals surface area contributed by atoms with E-state index in [4.69, 9.17) is 16.3 Å². The molecule has 1 aliphatic carbocycles. The zero-order valence-electron chi connectivity index (χ0n) is 45.0. The van der Waals surface area contributed by atoms with E-state index in [1.165, 1.54) is 53.0 Å². The van der Waals surface area contributed by atoms with Crippen LogP contribution in [0.15, 0.2) is 130 Å². The topological polar surface area (TPSA) is 198 Å². The van der Waals surface area contributed by atoms with Crippen molar-refractivity contribution in [2.45, 2.75) is 65.3 Å². The minimum atomic E-state index is -6.09. The first-order chi connectivity index (χ1) is 38.7. The second kappa shape index (κ2) is 26.2. The summed E-state index contributed by atoms with van der Waals surface area (Å²) in [7, 11) is -11.0. The Labute approximate surface area is 480 Å². The molecule has 3 saturated heterocycles. The van der Waals surface area contributed by atoms with Crippen LogP contribution < -0.4 is 19.8 Å². The van der Waals surface area contributed by atoms with Gasteiger partial charge in [0.15, 0.2) is 0 Å². The summed E-state index contributed by atoms with van der Waals surface area (Å²) in [4.78, 5) is 43.7. The molecular weight excluding hydrogens is 1130 g/mol. The van der Waals surface area contributed by atoms with Gasteiger partial charge in [-0.05, 0) is 115 Å². The van der Waals surface area contributed by atoms with Crippen LogP contribution in [0.5, 0.6) is 0 Å². The molecule has 3 aliphatic heterocycles. The van der Waals surface area contributed by atoms with Gasteiger partial charge in [-0.1, -0.05) is 54.4 Å². The van der Waals surface area contributed by atoms with Crippen molar-refractivity contribution in [3.05, 3.63) is 137 Å². The highest BCUT2D eigenvalue weighted by Crippen LogP contribution is 2.44. The number of anilines is 3. The number of benzene rings is 4. The second-order valence-electron chi connectivity index (χ2n) is 21.3. The molecule has 434 valence electrons. The Hall–Kier alpha value is -5.79. The molecule has 4 aromatic carbocycles. The smallest absolute Gasteiger partial charge is 0.478 e. The van der Waals surface area contributed by atoms with Crippen LogP contribution in [0.1, 0.15) is 65.3 Å². The lowest BCUT2D eigenvalue weighted by Gasteiger charge is -2.44. The van der Waals surface area contributed by atoms with E-state index in [0.717, 1.165) is 107 Å². The highest BCUT2D eigenvalue weighted by Gasteiger charge is 2.48. The molecule has 81 heavy (non-hydrogen) atoms. The molecule has 3 N–H and O–H groups in total.